The lowest BCUT2D eigenvalue weighted by molar-refractivity contribution is -0.0194. The molecule has 0 radical (unpaired) electrons. The first-order valence-electron chi connectivity index (χ1n) is 6.61. The van der Waals surface area contributed by atoms with Crippen LogP contribution in [0.1, 0.15) is 19.4 Å². The molecule has 0 saturated carbocycles. The molecule has 110 valence electrons. The van der Waals surface area contributed by atoms with Crippen LogP contribution >= 0.6 is 0 Å². The number of hydrogen-bond donors (Lipinski definition) is 0. The summed E-state index contributed by atoms with van der Waals surface area (Å²) in [6.07, 6.45) is 0.292. The molecule has 0 saturated heterocycles. The van der Waals surface area contributed by atoms with Gasteiger partial charge in [-0.05, 0) is 31.5 Å². The predicted octanol–water partition coefficient (Wildman–Crippen LogP) is 1.10. The van der Waals surface area contributed by atoms with Crippen LogP contribution in [0, 0.1) is 0 Å². The van der Waals surface area contributed by atoms with Crippen LogP contribution < -0.4 is 10.4 Å². The van der Waals surface area contributed by atoms with Crippen molar-refractivity contribution in [1.82, 2.24) is 0 Å². The van der Waals surface area contributed by atoms with Crippen molar-refractivity contribution in [3.05, 3.63) is 40.2 Å². The number of rotatable bonds is 2. The molecule has 3 rings (SSSR count). The summed E-state index contributed by atoms with van der Waals surface area (Å²) in [4.78, 5) is 11.3. The highest BCUT2D eigenvalue weighted by Crippen LogP contribution is 2.37. The third kappa shape index (κ3) is 2.75. The lowest BCUT2D eigenvalue weighted by Gasteiger charge is -2.39. The average molecular weight is 306 g/mol. The first-order valence-corrected chi connectivity index (χ1v) is 8.10. The topological polar surface area (TPSA) is 65.7 Å². The minimum absolute atomic E-state index is 0.302. The van der Waals surface area contributed by atoms with Gasteiger partial charge in [-0.3, -0.25) is 4.18 Å². The lowest BCUT2D eigenvalue weighted by atomic mass is 9.90. The molecule has 2 heterocycles. The fraction of sp³-hybridized carbons (Fsp3) is 0.357. The standard InChI is InChI=1S/C14H15BO5S/c1-14(2)12(20-21(15)17)6-9-5-8-3-4-13(16)18-10(8)7-11(9)19-14/h3-5,7,12H,6,15H2,1-2H3/t12-,21?/m0/s1. The number of ether oxygens (including phenoxy) is 1. The van der Waals surface area contributed by atoms with Crippen molar-refractivity contribution in [3.8, 4) is 5.75 Å². The van der Waals surface area contributed by atoms with Gasteiger partial charge in [0.2, 0.25) is 0 Å². The van der Waals surface area contributed by atoms with E-state index >= 15 is 0 Å². The van der Waals surface area contributed by atoms with Crippen LogP contribution in [-0.4, -0.2) is 23.0 Å². The van der Waals surface area contributed by atoms with Gasteiger partial charge in [0, 0.05) is 23.9 Å². The Hall–Kier alpha value is -1.60. The van der Waals surface area contributed by atoms with Gasteiger partial charge in [-0.1, -0.05) is 0 Å². The zero-order chi connectivity index (χ0) is 15.2. The van der Waals surface area contributed by atoms with E-state index in [4.69, 9.17) is 13.3 Å². The van der Waals surface area contributed by atoms with Crippen molar-refractivity contribution < 1.29 is 17.5 Å². The molecular weight excluding hydrogens is 291 g/mol. The Labute approximate surface area is 125 Å². The van der Waals surface area contributed by atoms with E-state index in [0.29, 0.717) is 17.8 Å². The Bertz CT molecular complexity index is 783. The van der Waals surface area contributed by atoms with Crippen molar-refractivity contribution >= 4 is 29.0 Å². The molecular formula is C14H15BO5S. The zero-order valence-electron chi connectivity index (χ0n) is 12.0. The molecule has 1 aliphatic heterocycles. The van der Waals surface area contributed by atoms with Gasteiger partial charge in [-0.15, -0.1) is 0 Å². The molecule has 2 aromatic rings. The summed E-state index contributed by atoms with van der Waals surface area (Å²) in [5, 5.41) is 0.827. The molecule has 0 aliphatic carbocycles. The second-order valence-corrected chi connectivity index (χ2v) is 6.64. The van der Waals surface area contributed by atoms with Crippen LogP contribution in [0.4, 0.5) is 0 Å². The highest BCUT2D eigenvalue weighted by Gasteiger charge is 2.39. The van der Waals surface area contributed by atoms with Gasteiger partial charge in [0.25, 0.3) is 7.12 Å². The fourth-order valence-corrected chi connectivity index (χ4v) is 3.13. The first kappa shape index (κ1) is 14.3. The van der Waals surface area contributed by atoms with E-state index in [1.807, 2.05) is 19.9 Å². The highest BCUT2D eigenvalue weighted by molar-refractivity contribution is 8.02. The Balaban J connectivity index is 2.07. The summed E-state index contributed by atoms with van der Waals surface area (Å²) >= 11 is 0. The van der Waals surface area contributed by atoms with E-state index < -0.39 is 16.5 Å². The fourth-order valence-electron chi connectivity index (χ4n) is 2.51. The molecule has 5 nitrogen and oxygen atoms in total. The van der Waals surface area contributed by atoms with Crippen LogP contribution in [0.3, 0.4) is 0 Å². The normalized spacial score (nSPS) is 21.5. The first-order chi connectivity index (χ1) is 9.85. The maximum absolute atomic E-state index is 11.3. The third-order valence-electron chi connectivity index (χ3n) is 3.61. The maximum Gasteiger partial charge on any atom is 0.336 e. The minimum atomic E-state index is -1.36. The molecule has 7 heteroatoms. The second kappa shape index (κ2) is 5.00. The molecule has 1 aromatic carbocycles. The molecule has 0 amide bonds. The van der Waals surface area contributed by atoms with Gasteiger partial charge in [-0.25, -0.2) is 9.00 Å². The van der Waals surface area contributed by atoms with E-state index in [1.165, 1.54) is 13.2 Å². The highest BCUT2D eigenvalue weighted by atomic mass is 32.2. The summed E-state index contributed by atoms with van der Waals surface area (Å²) in [6.45, 7) is 3.78. The second-order valence-electron chi connectivity index (χ2n) is 5.65. The van der Waals surface area contributed by atoms with Gasteiger partial charge in [0.15, 0.2) is 0 Å². The summed E-state index contributed by atoms with van der Waals surface area (Å²) in [5.74, 6) is 0.670. The summed E-state index contributed by atoms with van der Waals surface area (Å²) in [6, 6.07) is 6.75. The van der Waals surface area contributed by atoms with Crippen LogP contribution in [0.15, 0.2) is 33.5 Å². The van der Waals surface area contributed by atoms with Gasteiger partial charge in [-0.2, -0.15) is 0 Å². The number of hydrogen-bond acceptors (Lipinski definition) is 5. The summed E-state index contributed by atoms with van der Waals surface area (Å²) < 4.78 is 27.9. The molecule has 2 atom stereocenters. The summed E-state index contributed by atoms with van der Waals surface area (Å²) in [5.41, 5.74) is 0.447. The van der Waals surface area contributed by atoms with Crippen molar-refractivity contribution in [2.24, 2.45) is 0 Å². The molecule has 0 spiro atoms. The molecule has 0 N–H and O–H groups in total. The van der Waals surface area contributed by atoms with Crippen LogP contribution in [-0.2, 0) is 21.5 Å². The Morgan fingerprint density at radius 2 is 2.14 bits per heavy atom. The Morgan fingerprint density at radius 1 is 1.38 bits per heavy atom. The average Bonchev–Trinajstić information content (AvgIpc) is 2.36. The minimum Gasteiger partial charge on any atom is -0.485 e. The van der Waals surface area contributed by atoms with Crippen molar-refractivity contribution in [1.29, 1.82) is 0 Å². The largest absolute Gasteiger partial charge is 0.485 e. The molecule has 21 heavy (non-hydrogen) atoms. The van der Waals surface area contributed by atoms with Gasteiger partial charge in [0.1, 0.15) is 23.0 Å². The van der Waals surface area contributed by atoms with Crippen molar-refractivity contribution in [2.75, 3.05) is 0 Å². The van der Waals surface area contributed by atoms with Gasteiger partial charge >= 0.3 is 5.63 Å². The van der Waals surface area contributed by atoms with Crippen LogP contribution in [0.25, 0.3) is 11.0 Å². The van der Waals surface area contributed by atoms with E-state index in [9.17, 15) is 9.00 Å². The van der Waals surface area contributed by atoms with E-state index in [0.717, 1.165) is 10.9 Å². The smallest absolute Gasteiger partial charge is 0.336 e. The molecule has 0 fully saturated rings. The molecule has 1 unspecified atom stereocenters. The number of fused-ring (bicyclic) bond motifs is 2. The molecule has 0 bridgehead atoms. The van der Waals surface area contributed by atoms with Gasteiger partial charge < -0.3 is 9.15 Å². The van der Waals surface area contributed by atoms with E-state index in [1.54, 1.807) is 12.1 Å². The van der Waals surface area contributed by atoms with Gasteiger partial charge in [0.05, 0.1) is 10.9 Å². The lowest BCUT2D eigenvalue weighted by Crippen LogP contribution is -2.48. The van der Waals surface area contributed by atoms with E-state index in [-0.39, 0.29) is 11.7 Å². The molecule has 1 aliphatic rings. The summed E-state index contributed by atoms with van der Waals surface area (Å²) in [7, 11) is 0.144. The van der Waals surface area contributed by atoms with Crippen molar-refractivity contribution in [2.45, 2.75) is 32.0 Å². The Morgan fingerprint density at radius 3 is 2.86 bits per heavy atom. The van der Waals surface area contributed by atoms with Crippen molar-refractivity contribution in [3.63, 3.8) is 0 Å². The quantitative estimate of drug-likeness (QED) is 0.614. The maximum atomic E-state index is 11.3. The SMILES string of the molecule is BS(=O)O[C@H]1Cc2cc3ccc(=O)oc3cc2OC1(C)C. The third-order valence-corrected chi connectivity index (χ3v) is 4.11. The zero-order valence-corrected chi connectivity index (χ0v) is 12.9. The monoisotopic (exact) mass is 306 g/mol. The van der Waals surface area contributed by atoms with Crippen LogP contribution in [0.5, 0.6) is 5.75 Å². The van der Waals surface area contributed by atoms with E-state index in [2.05, 4.69) is 0 Å². The number of benzene rings is 1. The molecule has 1 aromatic heterocycles. The Kier molecular flexibility index (Phi) is 3.41. The van der Waals surface area contributed by atoms with Crippen LogP contribution in [0.2, 0.25) is 0 Å². The predicted molar refractivity (Wildman–Crippen MR) is 82.5 cm³/mol.